The van der Waals surface area contributed by atoms with Gasteiger partial charge in [0.25, 0.3) is 0 Å². The molecular weight excluding hydrogens is 438 g/mol. The lowest BCUT2D eigenvalue weighted by Crippen LogP contribution is -2.42. The molecule has 0 bridgehead atoms. The van der Waals surface area contributed by atoms with Gasteiger partial charge in [0.2, 0.25) is 15.9 Å². The van der Waals surface area contributed by atoms with E-state index in [1.54, 1.807) is 12.5 Å². The Bertz CT molecular complexity index is 1240. The first kappa shape index (κ1) is 22.7. The standard InChI is InChI=1S/C24H25N5O3S/c25-15-19-5-7-23(8-6-19)33(31,32)29-12-9-20(10-13-29)24(30)27-16-21-3-1-2-4-22(21)17-28-14-11-26-18-28/h1-8,11,14,18,20H,9-10,12-13,16-17H2,(H,27,30). The zero-order chi connectivity index (χ0) is 23.3. The SMILES string of the molecule is N#Cc1ccc(S(=O)(=O)N2CCC(C(=O)NCc3ccccc3Cn3ccnc3)CC2)cc1. The largest absolute Gasteiger partial charge is 0.352 e. The minimum absolute atomic E-state index is 0.0529. The number of aromatic nitrogens is 2. The molecule has 1 aromatic heterocycles. The Morgan fingerprint density at radius 3 is 2.42 bits per heavy atom. The van der Waals surface area contributed by atoms with Gasteiger partial charge >= 0.3 is 0 Å². The van der Waals surface area contributed by atoms with Gasteiger partial charge in [0.1, 0.15) is 0 Å². The van der Waals surface area contributed by atoms with Gasteiger partial charge in [-0.1, -0.05) is 24.3 Å². The minimum atomic E-state index is -3.64. The van der Waals surface area contributed by atoms with Crippen molar-refractivity contribution in [3.05, 3.63) is 83.9 Å². The number of carbonyl (C=O) groups excluding carboxylic acids is 1. The van der Waals surface area contributed by atoms with Crippen molar-refractivity contribution in [2.24, 2.45) is 5.92 Å². The summed E-state index contributed by atoms with van der Waals surface area (Å²) in [4.78, 5) is 17.0. The summed E-state index contributed by atoms with van der Waals surface area (Å²) in [6.07, 6.45) is 6.33. The summed E-state index contributed by atoms with van der Waals surface area (Å²) in [6, 6.07) is 15.8. The molecule has 1 aliphatic rings. The molecule has 9 heteroatoms. The van der Waals surface area contributed by atoms with Crippen molar-refractivity contribution in [2.45, 2.75) is 30.8 Å². The Hall–Kier alpha value is -3.48. The quantitative estimate of drug-likeness (QED) is 0.579. The fraction of sp³-hybridized carbons (Fsp3) is 0.292. The maximum atomic E-state index is 12.9. The lowest BCUT2D eigenvalue weighted by Gasteiger charge is -2.30. The van der Waals surface area contributed by atoms with Gasteiger partial charge in [-0.15, -0.1) is 0 Å². The first-order valence-electron chi connectivity index (χ1n) is 10.8. The van der Waals surface area contributed by atoms with E-state index in [2.05, 4.69) is 10.3 Å². The van der Waals surface area contributed by atoms with E-state index in [4.69, 9.17) is 5.26 Å². The molecule has 1 N–H and O–H groups in total. The van der Waals surface area contributed by atoms with Gasteiger partial charge in [0.05, 0.1) is 22.9 Å². The maximum Gasteiger partial charge on any atom is 0.243 e. The van der Waals surface area contributed by atoms with E-state index in [0.717, 1.165) is 11.1 Å². The number of amides is 1. The van der Waals surface area contributed by atoms with E-state index in [1.165, 1.54) is 28.6 Å². The molecule has 1 aliphatic heterocycles. The van der Waals surface area contributed by atoms with Crippen LogP contribution in [0.4, 0.5) is 0 Å². The average molecular weight is 464 g/mol. The third kappa shape index (κ3) is 5.30. The van der Waals surface area contributed by atoms with Crippen LogP contribution in [-0.4, -0.2) is 41.3 Å². The Labute approximate surface area is 193 Å². The van der Waals surface area contributed by atoms with Crippen molar-refractivity contribution in [3.8, 4) is 6.07 Å². The Balaban J connectivity index is 1.32. The van der Waals surface area contributed by atoms with Crippen molar-refractivity contribution >= 4 is 15.9 Å². The van der Waals surface area contributed by atoms with Crippen LogP contribution in [0.1, 0.15) is 29.5 Å². The van der Waals surface area contributed by atoms with Crippen LogP contribution in [0.2, 0.25) is 0 Å². The molecule has 4 rings (SSSR count). The van der Waals surface area contributed by atoms with Gasteiger partial charge in [0.15, 0.2) is 0 Å². The highest BCUT2D eigenvalue weighted by Gasteiger charge is 2.32. The summed E-state index contributed by atoms with van der Waals surface area (Å²) < 4.78 is 29.1. The number of piperidine rings is 1. The zero-order valence-electron chi connectivity index (χ0n) is 18.1. The monoisotopic (exact) mass is 463 g/mol. The second-order valence-corrected chi connectivity index (χ2v) is 9.97. The Kier molecular flexibility index (Phi) is 6.87. The maximum absolute atomic E-state index is 12.9. The normalized spacial score (nSPS) is 15.1. The van der Waals surface area contributed by atoms with E-state index in [0.29, 0.717) is 31.5 Å². The fourth-order valence-corrected chi connectivity index (χ4v) is 5.47. The summed E-state index contributed by atoms with van der Waals surface area (Å²) in [5.74, 6) is -0.277. The van der Waals surface area contributed by atoms with Crippen LogP contribution in [0.15, 0.2) is 72.1 Å². The molecule has 0 radical (unpaired) electrons. The second-order valence-electron chi connectivity index (χ2n) is 8.04. The molecule has 0 aliphatic carbocycles. The van der Waals surface area contributed by atoms with Gasteiger partial charge in [-0.25, -0.2) is 13.4 Å². The van der Waals surface area contributed by atoms with Crippen molar-refractivity contribution in [3.63, 3.8) is 0 Å². The van der Waals surface area contributed by atoms with Gasteiger partial charge in [-0.3, -0.25) is 4.79 Å². The third-order valence-corrected chi connectivity index (χ3v) is 7.84. The zero-order valence-corrected chi connectivity index (χ0v) is 18.9. The number of imidazole rings is 1. The van der Waals surface area contributed by atoms with E-state index < -0.39 is 10.0 Å². The number of carbonyl (C=O) groups is 1. The van der Waals surface area contributed by atoms with Gasteiger partial charge in [-0.05, 0) is 48.2 Å². The van der Waals surface area contributed by atoms with E-state index in [9.17, 15) is 13.2 Å². The molecule has 170 valence electrons. The number of nitrogens with zero attached hydrogens (tertiary/aromatic N) is 4. The van der Waals surface area contributed by atoms with Crippen LogP contribution in [0, 0.1) is 17.2 Å². The van der Waals surface area contributed by atoms with Gasteiger partial charge in [-0.2, -0.15) is 9.57 Å². The number of sulfonamides is 1. The molecule has 0 unspecified atom stereocenters. The minimum Gasteiger partial charge on any atom is -0.352 e. The van der Waals surface area contributed by atoms with Crippen LogP contribution in [0.25, 0.3) is 0 Å². The summed E-state index contributed by atoms with van der Waals surface area (Å²) in [5.41, 5.74) is 2.57. The van der Waals surface area contributed by atoms with Gasteiger partial charge < -0.3 is 9.88 Å². The van der Waals surface area contributed by atoms with Crippen LogP contribution in [0.3, 0.4) is 0 Å². The highest BCUT2D eigenvalue weighted by molar-refractivity contribution is 7.89. The highest BCUT2D eigenvalue weighted by Crippen LogP contribution is 2.24. The highest BCUT2D eigenvalue weighted by atomic mass is 32.2. The number of rotatable bonds is 7. The van der Waals surface area contributed by atoms with Crippen LogP contribution in [-0.2, 0) is 27.9 Å². The first-order chi connectivity index (χ1) is 16.0. The summed E-state index contributed by atoms with van der Waals surface area (Å²) in [7, 11) is -3.64. The number of benzene rings is 2. The lowest BCUT2D eigenvalue weighted by molar-refractivity contribution is -0.126. The molecule has 33 heavy (non-hydrogen) atoms. The smallest absolute Gasteiger partial charge is 0.243 e. The summed E-state index contributed by atoms with van der Waals surface area (Å²) in [6.45, 7) is 1.68. The van der Waals surface area contributed by atoms with E-state index in [1.807, 2.05) is 41.1 Å². The third-order valence-electron chi connectivity index (χ3n) is 5.93. The topological polar surface area (TPSA) is 108 Å². The summed E-state index contributed by atoms with van der Waals surface area (Å²) in [5, 5.41) is 11.9. The predicted octanol–water partition coefficient (Wildman–Crippen LogP) is 2.52. The molecular formula is C24H25N5O3S. The molecule has 2 heterocycles. The molecule has 3 aromatic rings. The van der Waals surface area contributed by atoms with Crippen LogP contribution in [0.5, 0.6) is 0 Å². The van der Waals surface area contributed by atoms with E-state index >= 15 is 0 Å². The van der Waals surface area contributed by atoms with Crippen LogP contribution < -0.4 is 5.32 Å². The molecule has 0 spiro atoms. The molecule has 1 fully saturated rings. The first-order valence-corrected chi connectivity index (χ1v) is 12.2. The molecule has 1 saturated heterocycles. The van der Waals surface area contributed by atoms with Crippen molar-refractivity contribution in [2.75, 3.05) is 13.1 Å². The molecule has 0 atom stereocenters. The van der Waals surface area contributed by atoms with Crippen molar-refractivity contribution in [1.29, 1.82) is 5.26 Å². The lowest BCUT2D eigenvalue weighted by atomic mass is 9.97. The second kappa shape index (κ2) is 9.98. The number of nitriles is 1. The average Bonchev–Trinajstić information content (AvgIpc) is 3.36. The van der Waals surface area contributed by atoms with Crippen molar-refractivity contribution < 1.29 is 13.2 Å². The van der Waals surface area contributed by atoms with Crippen molar-refractivity contribution in [1.82, 2.24) is 19.2 Å². The van der Waals surface area contributed by atoms with Gasteiger partial charge in [0, 0.05) is 44.5 Å². The van der Waals surface area contributed by atoms with Crippen LogP contribution >= 0.6 is 0 Å². The number of nitrogens with one attached hydrogen (secondary N) is 1. The number of hydrogen-bond donors (Lipinski definition) is 1. The predicted molar refractivity (Wildman–Crippen MR) is 122 cm³/mol. The fourth-order valence-electron chi connectivity index (χ4n) is 4.00. The molecule has 2 aromatic carbocycles. The van der Waals surface area contributed by atoms with E-state index in [-0.39, 0.29) is 29.8 Å². The molecule has 1 amide bonds. The Morgan fingerprint density at radius 2 is 1.79 bits per heavy atom. The Morgan fingerprint density at radius 1 is 1.09 bits per heavy atom. The number of hydrogen-bond acceptors (Lipinski definition) is 5. The molecule has 0 saturated carbocycles. The molecule has 8 nitrogen and oxygen atoms in total. The summed E-state index contributed by atoms with van der Waals surface area (Å²) >= 11 is 0.